The van der Waals surface area contributed by atoms with Crippen LogP contribution in [-0.4, -0.2) is 29.5 Å². The molecule has 13 heavy (non-hydrogen) atoms. The fourth-order valence-electron chi connectivity index (χ4n) is 0.904. The predicted molar refractivity (Wildman–Crippen MR) is 49.0 cm³/mol. The number of carbonyl (C=O) groups is 1. The number of aromatic amines is 1. The van der Waals surface area contributed by atoms with Gasteiger partial charge in [-0.05, 0) is 7.05 Å². The topological polar surface area (TPSA) is 69.8 Å². The molecule has 0 fully saturated rings. The number of nitrogens with zero attached hydrogens (tertiary/aromatic N) is 1. The number of amides is 1. The number of hydrogen-bond donors (Lipinski definition) is 3. The monoisotopic (exact) mass is 182 g/mol. The second-order valence-electron chi connectivity index (χ2n) is 2.67. The number of carbonyl (C=O) groups excluding carboxylic acids is 1. The lowest BCUT2D eigenvalue weighted by molar-refractivity contribution is -0.121. The normalized spacial score (nSPS) is 9.92. The first kappa shape index (κ1) is 9.73. The highest BCUT2D eigenvalue weighted by Gasteiger charge is 2.00. The summed E-state index contributed by atoms with van der Waals surface area (Å²) >= 11 is 0. The zero-order valence-corrected chi connectivity index (χ0v) is 7.63. The molecule has 0 aliphatic heterocycles. The van der Waals surface area contributed by atoms with Gasteiger partial charge in [0.25, 0.3) is 0 Å². The average Bonchev–Trinajstić information content (AvgIpc) is 2.64. The summed E-state index contributed by atoms with van der Waals surface area (Å²) in [5.74, 6) is 0.809. The van der Waals surface area contributed by atoms with Crippen LogP contribution in [0.1, 0.15) is 12.2 Å². The Morgan fingerprint density at radius 3 is 3.15 bits per heavy atom. The van der Waals surface area contributed by atoms with Crippen molar-refractivity contribution in [2.24, 2.45) is 0 Å². The van der Waals surface area contributed by atoms with Gasteiger partial charge in [-0.15, -0.1) is 0 Å². The highest BCUT2D eigenvalue weighted by molar-refractivity contribution is 5.75. The highest BCUT2D eigenvalue weighted by atomic mass is 16.1. The number of rotatable bonds is 5. The molecule has 0 unspecified atom stereocenters. The van der Waals surface area contributed by atoms with Crippen LogP contribution in [0.4, 0.5) is 0 Å². The van der Waals surface area contributed by atoms with Crippen molar-refractivity contribution in [1.29, 1.82) is 0 Å². The van der Waals surface area contributed by atoms with E-state index in [1.807, 2.05) is 7.05 Å². The molecule has 0 radical (unpaired) electrons. The first-order chi connectivity index (χ1) is 6.33. The molecule has 0 saturated carbocycles. The molecule has 1 rings (SSSR count). The summed E-state index contributed by atoms with van der Waals surface area (Å²) in [4.78, 5) is 18.0. The number of H-pyrrole nitrogens is 1. The van der Waals surface area contributed by atoms with Crippen LogP contribution in [0.15, 0.2) is 12.4 Å². The van der Waals surface area contributed by atoms with Gasteiger partial charge in [0.1, 0.15) is 5.82 Å². The molecule has 0 atom stereocenters. The van der Waals surface area contributed by atoms with E-state index in [1.165, 1.54) is 0 Å². The van der Waals surface area contributed by atoms with Crippen LogP contribution in [0.5, 0.6) is 0 Å². The fourth-order valence-corrected chi connectivity index (χ4v) is 0.904. The SMILES string of the molecule is CNCCC(=O)NCc1ncc[nH]1. The van der Waals surface area contributed by atoms with Crippen molar-refractivity contribution in [1.82, 2.24) is 20.6 Å². The van der Waals surface area contributed by atoms with Gasteiger partial charge in [0.15, 0.2) is 0 Å². The van der Waals surface area contributed by atoms with Gasteiger partial charge in [-0.2, -0.15) is 0 Å². The molecule has 1 aromatic rings. The fraction of sp³-hybridized carbons (Fsp3) is 0.500. The lowest BCUT2D eigenvalue weighted by Crippen LogP contribution is -2.26. The van der Waals surface area contributed by atoms with E-state index in [9.17, 15) is 4.79 Å². The van der Waals surface area contributed by atoms with Crippen LogP contribution in [0.2, 0.25) is 0 Å². The molecule has 1 heterocycles. The van der Waals surface area contributed by atoms with Crippen LogP contribution in [0.3, 0.4) is 0 Å². The quantitative estimate of drug-likeness (QED) is 0.582. The Hall–Kier alpha value is -1.36. The van der Waals surface area contributed by atoms with Gasteiger partial charge >= 0.3 is 0 Å². The van der Waals surface area contributed by atoms with Crippen molar-refractivity contribution in [3.05, 3.63) is 18.2 Å². The molecule has 0 aromatic carbocycles. The molecular formula is C8H14N4O. The molecule has 5 heteroatoms. The average molecular weight is 182 g/mol. The number of nitrogens with one attached hydrogen (secondary N) is 3. The van der Waals surface area contributed by atoms with E-state index in [2.05, 4.69) is 20.6 Å². The summed E-state index contributed by atoms with van der Waals surface area (Å²) in [5.41, 5.74) is 0. The van der Waals surface area contributed by atoms with Crippen molar-refractivity contribution >= 4 is 5.91 Å². The van der Waals surface area contributed by atoms with Gasteiger partial charge in [0.2, 0.25) is 5.91 Å². The van der Waals surface area contributed by atoms with E-state index < -0.39 is 0 Å². The van der Waals surface area contributed by atoms with Gasteiger partial charge in [-0.1, -0.05) is 0 Å². The van der Waals surface area contributed by atoms with Crippen molar-refractivity contribution in [3.8, 4) is 0 Å². The summed E-state index contributed by atoms with van der Waals surface area (Å²) in [6.07, 6.45) is 3.89. The molecule has 5 nitrogen and oxygen atoms in total. The Labute approximate surface area is 76.9 Å². The summed E-state index contributed by atoms with van der Waals surface area (Å²) in [6.45, 7) is 1.17. The molecule has 72 valence electrons. The molecule has 0 bridgehead atoms. The first-order valence-electron chi connectivity index (χ1n) is 4.22. The minimum atomic E-state index is 0.0331. The first-order valence-corrected chi connectivity index (χ1v) is 4.22. The molecule has 0 spiro atoms. The summed E-state index contributed by atoms with van der Waals surface area (Å²) in [7, 11) is 1.82. The Bertz CT molecular complexity index is 245. The minimum absolute atomic E-state index is 0.0331. The van der Waals surface area contributed by atoms with E-state index in [4.69, 9.17) is 0 Å². The van der Waals surface area contributed by atoms with Gasteiger partial charge < -0.3 is 15.6 Å². The smallest absolute Gasteiger partial charge is 0.221 e. The van der Waals surface area contributed by atoms with E-state index in [-0.39, 0.29) is 5.91 Å². The van der Waals surface area contributed by atoms with Gasteiger partial charge in [0.05, 0.1) is 6.54 Å². The van der Waals surface area contributed by atoms with Crippen LogP contribution in [0, 0.1) is 0 Å². The summed E-state index contributed by atoms with van der Waals surface area (Å²) in [6, 6.07) is 0. The molecular weight excluding hydrogens is 168 g/mol. The zero-order valence-electron chi connectivity index (χ0n) is 7.63. The maximum atomic E-state index is 11.1. The van der Waals surface area contributed by atoms with E-state index in [1.54, 1.807) is 12.4 Å². The Morgan fingerprint density at radius 1 is 1.69 bits per heavy atom. The predicted octanol–water partition coefficient (Wildman–Crippen LogP) is -0.365. The number of aromatic nitrogens is 2. The van der Waals surface area contributed by atoms with Gasteiger partial charge in [-0.25, -0.2) is 4.98 Å². The van der Waals surface area contributed by atoms with Crippen LogP contribution < -0.4 is 10.6 Å². The van der Waals surface area contributed by atoms with Crippen LogP contribution in [-0.2, 0) is 11.3 Å². The maximum absolute atomic E-state index is 11.1. The van der Waals surface area contributed by atoms with Crippen molar-refractivity contribution < 1.29 is 4.79 Å². The van der Waals surface area contributed by atoms with Crippen LogP contribution >= 0.6 is 0 Å². The lowest BCUT2D eigenvalue weighted by Gasteiger charge is -2.01. The minimum Gasteiger partial charge on any atom is -0.349 e. The molecule has 1 aromatic heterocycles. The number of hydrogen-bond acceptors (Lipinski definition) is 3. The van der Waals surface area contributed by atoms with Crippen LogP contribution in [0.25, 0.3) is 0 Å². The van der Waals surface area contributed by atoms with E-state index in [0.717, 1.165) is 5.82 Å². The summed E-state index contributed by atoms with van der Waals surface area (Å²) < 4.78 is 0. The maximum Gasteiger partial charge on any atom is 0.221 e. The molecule has 1 amide bonds. The van der Waals surface area contributed by atoms with E-state index in [0.29, 0.717) is 19.5 Å². The molecule has 0 aliphatic rings. The summed E-state index contributed by atoms with van der Waals surface area (Å²) in [5, 5.41) is 5.65. The van der Waals surface area contributed by atoms with Gasteiger partial charge in [-0.3, -0.25) is 4.79 Å². The van der Waals surface area contributed by atoms with Crippen molar-refractivity contribution in [3.63, 3.8) is 0 Å². The Morgan fingerprint density at radius 2 is 2.54 bits per heavy atom. The largest absolute Gasteiger partial charge is 0.349 e. The second-order valence-corrected chi connectivity index (χ2v) is 2.67. The third-order valence-electron chi connectivity index (χ3n) is 1.61. The molecule has 0 aliphatic carbocycles. The Kier molecular flexibility index (Phi) is 3.98. The van der Waals surface area contributed by atoms with Gasteiger partial charge in [0, 0.05) is 25.4 Å². The third-order valence-corrected chi connectivity index (χ3v) is 1.61. The molecule has 3 N–H and O–H groups in total. The van der Waals surface area contributed by atoms with Crippen molar-refractivity contribution in [2.75, 3.05) is 13.6 Å². The standard InChI is InChI=1S/C8H14N4O/c1-9-3-2-8(13)12-6-7-10-4-5-11-7/h4-5,9H,2-3,6H2,1H3,(H,10,11)(H,12,13). The highest BCUT2D eigenvalue weighted by Crippen LogP contribution is 1.87. The number of imidazole rings is 1. The van der Waals surface area contributed by atoms with E-state index >= 15 is 0 Å². The second kappa shape index (κ2) is 5.31. The Balaban J connectivity index is 2.15. The third kappa shape index (κ3) is 3.71. The van der Waals surface area contributed by atoms with Crippen molar-refractivity contribution in [2.45, 2.75) is 13.0 Å². The molecule has 0 saturated heterocycles. The zero-order chi connectivity index (χ0) is 9.52. The lowest BCUT2D eigenvalue weighted by atomic mass is 10.4.